The second-order valence-electron chi connectivity index (χ2n) is 8.56. The van der Waals surface area contributed by atoms with Crippen LogP contribution in [-0.4, -0.2) is 5.78 Å². The van der Waals surface area contributed by atoms with Crippen LogP contribution in [0.3, 0.4) is 0 Å². The van der Waals surface area contributed by atoms with Crippen molar-refractivity contribution in [3.63, 3.8) is 0 Å². The summed E-state index contributed by atoms with van der Waals surface area (Å²) in [5.74, 6) is -0.0212. The Labute approximate surface area is 214 Å². The number of benzene rings is 4. The Morgan fingerprint density at radius 2 is 0.889 bits per heavy atom. The first-order valence-electron chi connectivity index (χ1n) is 12.1. The Morgan fingerprint density at radius 1 is 0.528 bits per heavy atom. The fourth-order valence-electron chi connectivity index (χ4n) is 4.42. The van der Waals surface area contributed by atoms with Crippen molar-refractivity contribution in [2.45, 2.75) is 13.8 Å². The molecule has 0 amide bonds. The maximum atomic E-state index is 14.0. The molecule has 0 atom stereocenters. The van der Waals surface area contributed by atoms with Crippen molar-refractivity contribution >= 4 is 16.9 Å². The van der Waals surface area contributed by atoms with Gasteiger partial charge in [0.05, 0.1) is 0 Å². The smallest absolute Gasteiger partial charge is 0.193 e. The fraction of sp³-hybridized carbons (Fsp3) is 0.0571. The van der Waals surface area contributed by atoms with E-state index in [1.807, 2.05) is 98.8 Å². The summed E-state index contributed by atoms with van der Waals surface area (Å²) in [5.41, 5.74) is 9.33. The predicted molar refractivity (Wildman–Crippen MR) is 155 cm³/mol. The molecule has 0 radical (unpaired) electrons. The van der Waals surface area contributed by atoms with Crippen molar-refractivity contribution < 1.29 is 4.79 Å². The number of allylic oxidation sites excluding steroid dienone is 6. The lowest BCUT2D eigenvalue weighted by molar-refractivity contribution is 0.103. The quantitative estimate of drug-likeness (QED) is 0.187. The molecule has 1 nitrogen and oxygen atoms in total. The van der Waals surface area contributed by atoms with E-state index in [0.29, 0.717) is 11.1 Å². The van der Waals surface area contributed by atoms with Gasteiger partial charge in [-0.2, -0.15) is 0 Å². The van der Waals surface area contributed by atoms with Crippen LogP contribution in [0.4, 0.5) is 0 Å². The van der Waals surface area contributed by atoms with E-state index in [4.69, 9.17) is 0 Å². The number of carbonyl (C=O) groups excluding carboxylic acids is 1. The molecular formula is C35H30O. The van der Waals surface area contributed by atoms with Gasteiger partial charge in [-0.15, -0.1) is 0 Å². The average molecular weight is 467 g/mol. The Morgan fingerprint density at radius 3 is 1.22 bits per heavy atom. The van der Waals surface area contributed by atoms with Crippen molar-refractivity contribution in [1.82, 2.24) is 0 Å². The van der Waals surface area contributed by atoms with Crippen LogP contribution in [0.5, 0.6) is 0 Å². The van der Waals surface area contributed by atoms with Gasteiger partial charge in [-0.05, 0) is 94.8 Å². The van der Waals surface area contributed by atoms with Gasteiger partial charge in [0, 0.05) is 11.1 Å². The van der Waals surface area contributed by atoms with Gasteiger partial charge in [-0.25, -0.2) is 0 Å². The SMILES string of the molecule is C=C/C(=C\C)c1cc(C(=O)c2cc(/C(C=C)=C/C)cc(-c3ccccc3)c2)cc(-c2ccccc2)c1. The topological polar surface area (TPSA) is 17.1 Å². The summed E-state index contributed by atoms with van der Waals surface area (Å²) in [4.78, 5) is 14.0. The number of ketones is 1. The molecule has 176 valence electrons. The molecule has 0 saturated carbocycles. The zero-order valence-corrected chi connectivity index (χ0v) is 20.9. The van der Waals surface area contributed by atoms with Crippen molar-refractivity contribution in [2.75, 3.05) is 0 Å². The number of rotatable bonds is 8. The van der Waals surface area contributed by atoms with Gasteiger partial charge in [0.1, 0.15) is 0 Å². The lowest BCUT2D eigenvalue weighted by Gasteiger charge is -2.13. The average Bonchev–Trinajstić information content (AvgIpc) is 2.94. The highest BCUT2D eigenvalue weighted by Gasteiger charge is 2.16. The molecule has 1 heteroatoms. The van der Waals surface area contributed by atoms with Gasteiger partial charge in [0.25, 0.3) is 0 Å². The summed E-state index contributed by atoms with van der Waals surface area (Å²) in [6.07, 6.45) is 7.69. The first-order valence-corrected chi connectivity index (χ1v) is 12.1. The van der Waals surface area contributed by atoms with Crippen LogP contribution < -0.4 is 0 Å². The van der Waals surface area contributed by atoms with Crippen molar-refractivity contribution in [3.05, 3.63) is 157 Å². The summed E-state index contributed by atoms with van der Waals surface area (Å²) in [6.45, 7) is 11.9. The lowest BCUT2D eigenvalue weighted by Crippen LogP contribution is -2.04. The van der Waals surface area contributed by atoms with E-state index in [9.17, 15) is 4.79 Å². The van der Waals surface area contributed by atoms with E-state index in [-0.39, 0.29) is 5.78 Å². The Hall–Kier alpha value is -4.49. The zero-order chi connectivity index (χ0) is 25.5. The molecule has 0 saturated heterocycles. The Kier molecular flexibility index (Phi) is 7.72. The number of carbonyl (C=O) groups is 1. The van der Waals surface area contributed by atoms with Crippen molar-refractivity contribution in [2.24, 2.45) is 0 Å². The molecule has 0 aliphatic rings. The largest absolute Gasteiger partial charge is 0.289 e. The summed E-state index contributed by atoms with van der Waals surface area (Å²) in [7, 11) is 0. The molecule has 0 aromatic heterocycles. The van der Waals surface area contributed by atoms with Crippen LogP contribution in [0, 0.1) is 0 Å². The van der Waals surface area contributed by atoms with Crippen LogP contribution in [0.25, 0.3) is 33.4 Å². The first kappa shape index (κ1) is 24.6. The maximum Gasteiger partial charge on any atom is 0.193 e. The number of hydrogen-bond acceptors (Lipinski definition) is 1. The van der Waals surface area contributed by atoms with Crippen LogP contribution in [0.2, 0.25) is 0 Å². The Bertz CT molecular complexity index is 1360. The summed E-state index contributed by atoms with van der Waals surface area (Å²) in [6, 6.07) is 32.4. The molecule has 36 heavy (non-hydrogen) atoms. The van der Waals surface area contributed by atoms with E-state index < -0.39 is 0 Å². The highest BCUT2D eigenvalue weighted by molar-refractivity contribution is 6.11. The summed E-state index contributed by atoms with van der Waals surface area (Å²) in [5, 5.41) is 0. The Balaban J connectivity index is 1.91. The van der Waals surface area contributed by atoms with Crippen molar-refractivity contribution in [1.29, 1.82) is 0 Å². The van der Waals surface area contributed by atoms with Crippen molar-refractivity contribution in [3.8, 4) is 22.3 Å². The van der Waals surface area contributed by atoms with E-state index in [1.165, 1.54) is 0 Å². The molecule has 4 rings (SSSR count). The van der Waals surface area contributed by atoms with Crippen LogP contribution >= 0.6 is 0 Å². The zero-order valence-electron chi connectivity index (χ0n) is 20.9. The molecule has 0 heterocycles. The van der Waals surface area contributed by atoms with E-state index in [0.717, 1.165) is 44.5 Å². The lowest BCUT2D eigenvalue weighted by atomic mass is 9.90. The number of hydrogen-bond donors (Lipinski definition) is 0. The first-order chi connectivity index (χ1) is 17.6. The van der Waals surface area contributed by atoms with Gasteiger partial charge in [0.15, 0.2) is 5.78 Å². The highest BCUT2D eigenvalue weighted by Crippen LogP contribution is 2.31. The summed E-state index contributed by atoms with van der Waals surface area (Å²) >= 11 is 0. The molecule has 4 aromatic carbocycles. The normalized spacial score (nSPS) is 11.7. The molecule has 0 spiro atoms. The third kappa shape index (κ3) is 5.26. The second-order valence-corrected chi connectivity index (χ2v) is 8.56. The standard InChI is InChI=1S/C35H30O/c1-5-25(6-2)29-19-31(27-15-11-9-12-16-27)23-33(21-29)35(36)34-22-30(26(7-3)8-4)20-32(24-34)28-17-13-10-14-18-28/h5-24H,1,3H2,2,4H3/b25-6+,26-8+. The molecule has 0 aliphatic heterocycles. The minimum Gasteiger partial charge on any atom is -0.289 e. The van der Waals surface area contributed by atoms with Crippen LogP contribution in [0.15, 0.2) is 135 Å². The van der Waals surface area contributed by atoms with Crippen LogP contribution in [0.1, 0.15) is 40.9 Å². The molecule has 0 N–H and O–H groups in total. The fourth-order valence-corrected chi connectivity index (χ4v) is 4.42. The van der Waals surface area contributed by atoms with Crippen LogP contribution in [-0.2, 0) is 0 Å². The molecule has 0 fully saturated rings. The van der Waals surface area contributed by atoms with E-state index in [1.54, 1.807) is 0 Å². The van der Waals surface area contributed by atoms with E-state index >= 15 is 0 Å². The van der Waals surface area contributed by atoms with Gasteiger partial charge >= 0.3 is 0 Å². The maximum absolute atomic E-state index is 14.0. The van der Waals surface area contributed by atoms with E-state index in [2.05, 4.69) is 49.6 Å². The van der Waals surface area contributed by atoms with Gasteiger partial charge in [-0.3, -0.25) is 4.79 Å². The molecule has 4 aromatic rings. The van der Waals surface area contributed by atoms with Gasteiger partial charge in [0.2, 0.25) is 0 Å². The minimum absolute atomic E-state index is 0.0212. The highest BCUT2D eigenvalue weighted by atomic mass is 16.1. The van der Waals surface area contributed by atoms with Gasteiger partial charge < -0.3 is 0 Å². The molecule has 0 unspecified atom stereocenters. The third-order valence-corrected chi connectivity index (χ3v) is 6.33. The van der Waals surface area contributed by atoms with Gasteiger partial charge in [-0.1, -0.05) is 98.1 Å². The molecule has 0 bridgehead atoms. The predicted octanol–water partition coefficient (Wildman–Crippen LogP) is 9.43. The molecule has 0 aliphatic carbocycles. The monoisotopic (exact) mass is 466 g/mol. The molecular weight excluding hydrogens is 436 g/mol. The second kappa shape index (κ2) is 11.3. The summed E-state index contributed by atoms with van der Waals surface area (Å²) < 4.78 is 0. The third-order valence-electron chi connectivity index (χ3n) is 6.33. The minimum atomic E-state index is -0.0212.